The van der Waals surface area contributed by atoms with Crippen molar-refractivity contribution >= 4 is 20.4 Å². The van der Waals surface area contributed by atoms with Crippen molar-refractivity contribution in [2.75, 3.05) is 0 Å². The average molecular weight is 122 g/mol. The summed E-state index contributed by atoms with van der Waals surface area (Å²) in [4.78, 5) is 0. The van der Waals surface area contributed by atoms with E-state index in [4.69, 9.17) is 0 Å². The van der Waals surface area contributed by atoms with E-state index in [0.717, 1.165) is 4.05 Å². The second-order valence-corrected chi connectivity index (χ2v) is 4.93. The molecule has 0 aromatic rings. The van der Waals surface area contributed by atoms with E-state index in [2.05, 4.69) is 26.5 Å². The molecule has 0 saturated carbocycles. The summed E-state index contributed by atoms with van der Waals surface area (Å²) in [6, 6.07) is 0. The monoisotopic (exact) mass is 122 g/mol. The van der Waals surface area contributed by atoms with Crippen LogP contribution in [0.1, 0.15) is 20.3 Å². The lowest BCUT2D eigenvalue weighted by molar-refractivity contribution is 0.868. The molecule has 1 atom stereocenters. The zero-order valence-electron chi connectivity index (χ0n) is 5.98. The van der Waals surface area contributed by atoms with E-state index in [1.54, 1.807) is 0 Å². The largest absolute Gasteiger partial charge is 0.373 e. The summed E-state index contributed by atoms with van der Waals surface area (Å²) < 4.78 is 2.34. The van der Waals surface area contributed by atoms with Crippen molar-refractivity contribution in [3.05, 3.63) is 12.7 Å². The summed E-state index contributed by atoms with van der Waals surface area (Å²) in [6.45, 7) is 8.31. The Balaban J connectivity index is 2.97. The first kappa shape index (κ1) is 8.51. The fourth-order valence-electron chi connectivity index (χ4n) is 0.606. The third-order valence-electron chi connectivity index (χ3n) is 1.56. The van der Waals surface area contributed by atoms with Gasteiger partial charge in [0, 0.05) is 0 Å². The minimum Gasteiger partial charge on any atom is -0.137 e. The first-order valence-corrected chi connectivity index (χ1v) is 5.23. The predicted octanol–water partition coefficient (Wildman–Crippen LogP) is 2.51. The fourth-order valence-corrected chi connectivity index (χ4v) is 1.82. The van der Waals surface area contributed by atoms with Crippen molar-refractivity contribution in [1.82, 2.24) is 0 Å². The molecule has 0 spiro atoms. The van der Waals surface area contributed by atoms with E-state index in [1.165, 1.54) is 11.0 Å². The van der Waals surface area contributed by atoms with Gasteiger partial charge in [0.1, 0.15) is 0 Å². The lowest BCUT2D eigenvalue weighted by atomic mass is 10.4. The molecule has 0 saturated heterocycles. The number of hydrogen-bond donors (Lipinski definition) is 0. The summed E-state index contributed by atoms with van der Waals surface area (Å²) >= 11 is 0.218. The van der Waals surface area contributed by atoms with Gasteiger partial charge in [0.2, 0.25) is 0 Å². The summed E-state index contributed by atoms with van der Waals surface area (Å²) in [7, 11) is 0. The second-order valence-electron chi connectivity index (χ2n) is 2.38. The van der Waals surface area contributed by atoms with Gasteiger partial charge in [-0.25, -0.2) is 0 Å². The molecular formula is C7H14Mg. The van der Waals surface area contributed by atoms with Crippen LogP contribution in [-0.4, -0.2) is 20.4 Å². The van der Waals surface area contributed by atoms with Gasteiger partial charge in [-0.2, -0.15) is 0 Å². The normalized spacial score (nSPS) is 12.2. The van der Waals surface area contributed by atoms with Crippen molar-refractivity contribution < 1.29 is 0 Å². The Morgan fingerprint density at radius 3 is 2.75 bits per heavy atom. The highest BCUT2D eigenvalue weighted by Crippen LogP contribution is 2.07. The highest BCUT2D eigenvalue weighted by molar-refractivity contribution is 6.38. The number of hydrogen-bond acceptors (Lipinski definition) is 0. The molecule has 0 aromatic heterocycles. The standard InChI is InChI=1S/C4H9.C3H5.Mg/c1-3-4-2;1-3-2;/h3H,4H2,1-2H3;3H,1-2H2;. The Morgan fingerprint density at radius 1 is 1.75 bits per heavy atom. The third-order valence-corrected chi connectivity index (χ3v) is 3.87. The molecule has 0 aliphatic heterocycles. The van der Waals surface area contributed by atoms with Gasteiger partial charge in [-0.3, -0.25) is 0 Å². The van der Waals surface area contributed by atoms with E-state index in [9.17, 15) is 0 Å². The number of rotatable bonds is 4. The molecule has 0 fully saturated rings. The smallest absolute Gasteiger partial charge is 0.137 e. The topological polar surface area (TPSA) is 0 Å². The minimum absolute atomic E-state index is 0.218. The Bertz CT molecular complexity index is 59.4. The maximum atomic E-state index is 3.70. The van der Waals surface area contributed by atoms with Crippen LogP contribution in [0.3, 0.4) is 0 Å². The van der Waals surface area contributed by atoms with Gasteiger partial charge in [-0.15, -0.1) is 21.3 Å². The van der Waals surface area contributed by atoms with Crippen molar-refractivity contribution in [3.63, 3.8) is 0 Å². The van der Waals surface area contributed by atoms with E-state index < -0.39 is 0 Å². The van der Waals surface area contributed by atoms with Crippen LogP contribution in [0.5, 0.6) is 0 Å². The summed E-state index contributed by atoms with van der Waals surface area (Å²) in [5.41, 5.74) is 0. The summed E-state index contributed by atoms with van der Waals surface area (Å²) in [5, 5.41) is 0. The van der Waals surface area contributed by atoms with E-state index in [-0.39, 0.29) is 20.4 Å². The molecule has 0 rings (SSSR count). The van der Waals surface area contributed by atoms with Gasteiger partial charge >= 0.3 is 20.4 Å². The Labute approximate surface area is 62.1 Å². The average Bonchev–Trinajstić information content (AvgIpc) is 1.83. The maximum Gasteiger partial charge on any atom is 0.373 e. The Kier molecular flexibility index (Phi) is 6.00. The second kappa shape index (κ2) is 5.64. The SMILES string of the molecule is C=C[CH2][Mg][CH](C)CC. The van der Waals surface area contributed by atoms with Crippen LogP contribution < -0.4 is 0 Å². The zero-order valence-corrected chi connectivity index (χ0v) is 7.40. The first-order valence-electron chi connectivity index (χ1n) is 3.42. The maximum absolute atomic E-state index is 3.70. The van der Waals surface area contributed by atoms with Gasteiger partial charge in [0.15, 0.2) is 0 Å². The van der Waals surface area contributed by atoms with Crippen LogP contribution >= 0.6 is 0 Å². The molecule has 0 aromatic carbocycles. The molecule has 1 unspecified atom stereocenters. The van der Waals surface area contributed by atoms with Crippen molar-refractivity contribution in [2.24, 2.45) is 0 Å². The number of allylic oxidation sites excluding steroid dienone is 1. The van der Waals surface area contributed by atoms with E-state index >= 15 is 0 Å². The Hall–Kier alpha value is 0.506. The molecule has 8 heavy (non-hydrogen) atoms. The molecule has 0 heterocycles. The van der Waals surface area contributed by atoms with Crippen molar-refractivity contribution in [2.45, 2.75) is 28.9 Å². The highest BCUT2D eigenvalue weighted by Gasteiger charge is 1.99. The van der Waals surface area contributed by atoms with Crippen molar-refractivity contribution in [3.8, 4) is 0 Å². The highest BCUT2D eigenvalue weighted by atomic mass is 24.5. The summed E-state index contributed by atoms with van der Waals surface area (Å²) in [6.07, 6.45) is 3.42. The molecule has 0 aliphatic carbocycles. The minimum atomic E-state index is 0.218. The summed E-state index contributed by atoms with van der Waals surface area (Å²) in [5.74, 6) is 0. The zero-order chi connectivity index (χ0) is 6.41. The van der Waals surface area contributed by atoms with Crippen LogP contribution in [0, 0.1) is 0 Å². The van der Waals surface area contributed by atoms with Gasteiger partial charge in [0.05, 0.1) is 0 Å². The van der Waals surface area contributed by atoms with Gasteiger partial charge in [-0.1, -0.05) is 20.3 Å². The van der Waals surface area contributed by atoms with E-state index in [1.807, 2.05) is 0 Å². The fraction of sp³-hybridized carbons (Fsp3) is 0.714. The molecule has 1 heteroatoms. The van der Waals surface area contributed by atoms with Crippen LogP contribution in [-0.2, 0) is 0 Å². The molecule has 0 N–H and O–H groups in total. The lowest BCUT2D eigenvalue weighted by Crippen LogP contribution is -1.94. The van der Waals surface area contributed by atoms with Crippen LogP contribution in [0.25, 0.3) is 0 Å². The van der Waals surface area contributed by atoms with E-state index in [0.29, 0.717) is 0 Å². The van der Waals surface area contributed by atoms with Crippen LogP contribution in [0.2, 0.25) is 8.60 Å². The van der Waals surface area contributed by atoms with Gasteiger partial charge in [-0.05, 0) is 0 Å². The molecule has 0 radical (unpaired) electrons. The lowest BCUT2D eigenvalue weighted by Gasteiger charge is -2.00. The predicted molar refractivity (Wildman–Crippen MR) is 40.5 cm³/mol. The van der Waals surface area contributed by atoms with Gasteiger partial charge < -0.3 is 0 Å². The quantitative estimate of drug-likeness (QED) is 0.397. The molecule has 44 valence electrons. The molecule has 0 amide bonds. The molecule has 0 nitrogen and oxygen atoms in total. The van der Waals surface area contributed by atoms with Gasteiger partial charge in [0.25, 0.3) is 0 Å². The van der Waals surface area contributed by atoms with Crippen LogP contribution in [0.15, 0.2) is 12.7 Å². The van der Waals surface area contributed by atoms with Crippen LogP contribution in [0.4, 0.5) is 0 Å². The molecule has 0 bridgehead atoms. The molecular weight excluding hydrogens is 108 g/mol. The Morgan fingerprint density at radius 2 is 2.38 bits per heavy atom. The first-order chi connectivity index (χ1) is 3.81. The molecule has 0 aliphatic rings. The van der Waals surface area contributed by atoms with Crippen molar-refractivity contribution in [1.29, 1.82) is 0 Å². The third kappa shape index (κ3) is 4.66.